The summed E-state index contributed by atoms with van der Waals surface area (Å²) in [6.07, 6.45) is -1.77. The van der Waals surface area contributed by atoms with Crippen LogP contribution >= 0.6 is 0 Å². The number of aromatic nitrogens is 3. The molecule has 0 aliphatic heterocycles. The number of fused-ring (bicyclic) bond motifs is 1. The summed E-state index contributed by atoms with van der Waals surface area (Å²) < 4.78 is 43.1. The van der Waals surface area contributed by atoms with Crippen molar-refractivity contribution in [3.8, 4) is 5.75 Å². The van der Waals surface area contributed by atoms with Gasteiger partial charge < -0.3 is 10.1 Å². The lowest BCUT2D eigenvalue weighted by molar-refractivity contribution is -0.274. The van der Waals surface area contributed by atoms with Crippen LogP contribution in [0.2, 0.25) is 0 Å². The van der Waals surface area contributed by atoms with Crippen molar-refractivity contribution in [1.29, 1.82) is 0 Å². The standard InChI is InChI=1S/C18H17F3N4O2/c1-11(2)25-16-13(10-24-25)7-14(9-22-16)17(26)23-8-12-5-3-4-6-15(12)27-18(19,20)21/h3-7,9-11H,8H2,1-2H3,(H,23,26). The van der Waals surface area contributed by atoms with E-state index in [1.54, 1.807) is 23.0 Å². The van der Waals surface area contributed by atoms with E-state index in [0.29, 0.717) is 16.6 Å². The number of hydrogen-bond acceptors (Lipinski definition) is 4. The van der Waals surface area contributed by atoms with Crippen LogP contribution < -0.4 is 10.1 Å². The highest BCUT2D eigenvalue weighted by molar-refractivity contribution is 5.96. The minimum atomic E-state index is -4.80. The van der Waals surface area contributed by atoms with Crippen LogP contribution in [0.1, 0.15) is 35.8 Å². The molecule has 0 aliphatic carbocycles. The molecular weight excluding hydrogens is 361 g/mol. The fourth-order valence-corrected chi connectivity index (χ4v) is 2.59. The van der Waals surface area contributed by atoms with Crippen molar-refractivity contribution in [3.63, 3.8) is 0 Å². The van der Waals surface area contributed by atoms with Crippen LogP contribution in [-0.2, 0) is 6.54 Å². The first kappa shape index (κ1) is 18.7. The van der Waals surface area contributed by atoms with E-state index >= 15 is 0 Å². The van der Waals surface area contributed by atoms with Crippen molar-refractivity contribution < 1.29 is 22.7 Å². The van der Waals surface area contributed by atoms with Crippen molar-refractivity contribution in [2.45, 2.75) is 32.8 Å². The molecule has 2 heterocycles. The maximum Gasteiger partial charge on any atom is 0.573 e. The van der Waals surface area contributed by atoms with Gasteiger partial charge in [-0.2, -0.15) is 5.10 Å². The van der Waals surface area contributed by atoms with E-state index in [1.165, 1.54) is 24.4 Å². The second-order valence-corrected chi connectivity index (χ2v) is 6.16. The summed E-state index contributed by atoms with van der Waals surface area (Å²) in [6.45, 7) is 3.82. The first-order chi connectivity index (χ1) is 12.7. The number of benzene rings is 1. The zero-order valence-corrected chi connectivity index (χ0v) is 14.6. The number of carbonyl (C=O) groups is 1. The number of alkyl halides is 3. The number of amides is 1. The maximum absolute atomic E-state index is 12.5. The first-order valence-electron chi connectivity index (χ1n) is 8.19. The minimum absolute atomic E-state index is 0.117. The molecule has 0 radical (unpaired) electrons. The number of para-hydroxylation sites is 1. The molecule has 1 amide bonds. The van der Waals surface area contributed by atoms with Gasteiger partial charge in [0.2, 0.25) is 0 Å². The molecule has 6 nitrogen and oxygen atoms in total. The second-order valence-electron chi connectivity index (χ2n) is 6.16. The van der Waals surface area contributed by atoms with Crippen LogP contribution in [-0.4, -0.2) is 27.0 Å². The van der Waals surface area contributed by atoms with Crippen LogP contribution in [0.15, 0.2) is 42.7 Å². The third-order valence-corrected chi connectivity index (χ3v) is 3.82. The van der Waals surface area contributed by atoms with Crippen LogP contribution in [0, 0.1) is 0 Å². The third kappa shape index (κ3) is 4.36. The topological polar surface area (TPSA) is 69.0 Å². The maximum atomic E-state index is 12.5. The van der Waals surface area contributed by atoms with Gasteiger partial charge in [0.15, 0.2) is 5.65 Å². The summed E-state index contributed by atoms with van der Waals surface area (Å²) in [5, 5.41) is 7.52. The van der Waals surface area contributed by atoms with Gasteiger partial charge >= 0.3 is 6.36 Å². The molecular formula is C18H17F3N4O2. The number of nitrogens with zero attached hydrogens (tertiary/aromatic N) is 3. The quantitative estimate of drug-likeness (QED) is 0.732. The molecule has 0 atom stereocenters. The summed E-state index contributed by atoms with van der Waals surface area (Å²) in [5.74, 6) is -0.805. The Morgan fingerprint density at radius 1 is 1.26 bits per heavy atom. The Hall–Kier alpha value is -3.10. The Bertz CT molecular complexity index is 967. The van der Waals surface area contributed by atoms with Crippen LogP contribution in [0.25, 0.3) is 11.0 Å². The van der Waals surface area contributed by atoms with Gasteiger partial charge in [-0.3, -0.25) is 4.79 Å². The van der Waals surface area contributed by atoms with E-state index in [9.17, 15) is 18.0 Å². The predicted molar refractivity (Wildman–Crippen MR) is 92.2 cm³/mol. The Labute approximate surface area is 153 Å². The minimum Gasteiger partial charge on any atom is -0.405 e. The summed E-state index contributed by atoms with van der Waals surface area (Å²) >= 11 is 0. The highest BCUT2D eigenvalue weighted by Gasteiger charge is 2.32. The summed E-state index contributed by atoms with van der Waals surface area (Å²) in [7, 11) is 0. The monoisotopic (exact) mass is 378 g/mol. The Morgan fingerprint density at radius 3 is 2.70 bits per heavy atom. The Morgan fingerprint density at radius 2 is 2.00 bits per heavy atom. The van der Waals surface area contributed by atoms with Crippen LogP contribution in [0.4, 0.5) is 13.2 Å². The van der Waals surface area contributed by atoms with E-state index < -0.39 is 12.3 Å². The number of rotatable bonds is 5. The molecule has 1 aromatic carbocycles. The fourth-order valence-electron chi connectivity index (χ4n) is 2.59. The third-order valence-electron chi connectivity index (χ3n) is 3.82. The van der Waals surface area contributed by atoms with E-state index in [4.69, 9.17) is 0 Å². The van der Waals surface area contributed by atoms with Crippen LogP contribution in [0.3, 0.4) is 0 Å². The number of halogens is 3. The molecule has 0 saturated carbocycles. The molecule has 142 valence electrons. The number of ether oxygens (including phenoxy) is 1. The van der Waals surface area contributed by atoms with Crippen LogP contribution in [0.5, 0.6) is 5.75 Å². The Balaban J connectivity index is 1.74. The fraction of sp³-hybridized carbons (Fsp3) is 0.278. The van der Waals surface area contributed by atoms with Gasteiger partial charge in [0, 0.05) is 29.7 Å². The van der Waals surface area contributed by atoms with Gasteiger partial charge in [0.05, 0.1) is 11.8 Å². The molecule has 0 unspecified atom stereocenters. The van der Waals surface area contributed by atoms with E-state index in [2.05, 4.69) is 20.1 Å². The lowest BCUT2D eigenvalue weighted by Gasteiger charge is -2.13. The zero-order valence-electron chi connectivity index (χ0n) is 14.6. The molecule has 0 saturated heterocycles. The van der Waals surface area contributed by atoms with Gasteiger partial charge in [0.1, 0.15) is 5.75 Å². The highest BCUT2D eigenvalue weighted by Crippen LogP contribution is 2.26. The molecule has 3 rings (SSSR count). The molecule has 9 heteroatoms. The molecule has 0 spiro atoms. The lowest BCUT2D eigenvalue weighted by atomic mass is 10.2. The normalized spacial score (nSPS) is 11.8. The molecule has 3 aromatic rings. The average molecular weight is 378 g/mol. The zero-order chi connectivity index (χ0) is 19.6. The van der Waals surface area contributed by atoms with Gasteiger partial charge in [-0.1, -0.05) is 18.2 Å². The smallest absolute Gasteiger partial charge is 0.405 e. The van der Waals surface area contributed by atoms with E-state index in [1.807, 2.05) is 13.8 Å². The largest absolute Gasteiger partial charge is 0.573 e. The number of pyridine rings is 1. The van der Waals surface area contributed by atoms with Gasteiger partial charge in [-0.25, -0.2) is 9.67 Å². The van der Waals surface area contributed by atoms with Gasteiger partial charge in [0.25, 0.3) is 5.91 Å². The average Bonchev–Trinajstić information content (AvgIpc) is 3.02. The summed E-state index contributed by atoms with van der Waals surface area (Å²) in [4.78, 5) is 16.6. The predicted octanol–water partition coefficient (Wildman–Crippen LogP) is 3.84. The van der Waals surface area contributed by atoms with Gasteiger partial charge in [-0.15, -0.1) is 13.2 Å². The van der Waals surface area contributed by atoms with Crippen molar-refractivity contribution in [2.75, 3.05) is 0 Å². The van der Waals surface area contributed by atoms with Crippen molar-refractivity contribution in [3.05, 3.63) is 53.9 Å². The van der Waals surface area contributed by atoms with Crippen molar-refractivity contribution >= 4 is 16.9 Å². The molecule has 1 N–H and O–H groups in total. The number of carbonyl (C=O) groups excluding carboxylic acids is 1. The molecule has 27 heavy (non-hydrogen) atoms. The first-order valence-corrected chi connectivity index (χ1v) is 8.19. The molecule has 0 fully saturated rings. The molecule has 0 aliphatic rings. The number of nitrogens with one attached hydrogen (secondary N) is 1. The van der Waals surface area contributed by atoms with Gasteiger partial charge in [-0.05, 0) is 26.0 Å². The highest BCUT2D eigenvalue weighted by atomic mass is 19.4. The summed E-state index contributed by atoms with van der Waals surface area (Å²) in [6, 6.07) is 7.41. The summed E-state index contributed by atoms with van der Waals surface area (Å²) in [5.41, 5.74) is 1.16. The molecule has 0 bridgehead atoms. The Kier molecular flexibility index (Phi) is 5.02. The van der Waals surface area contributed by atoms with Crippen molar-refractivity contribution in [2.24, 2.45) is 0 Å². The second kappa shape index (κ2) is 7.26. The van der Waals surface area contributed by atoms with Crippen molar-refractivity contribution in [1.82, 2.24) is 20.1 Å². The lowest BCUT2D eigenvalue weighted by Crippen LogP contribution is -2.24. The molecule has 2 aromatic heterocycles. The number of hydrogen-bond donors (Lipinski definition) is 1. The SMILES string of the molecule is CC(C)n1ncc2cc(C(=O)NCc3ccccc3OC(F)(F)F)cnc21. The van der Waals surface area contributed by atoms with E-state index in [0.717, 1.165) is 0 Å². The van der Waals surface area contributed by atoms with E-state index in [-0.39, 0.29) is 23.9 Å².